The number of aliphatic hydroxyl groups excluding tert-OH is 1. The highest BCUT2D eigenvalue weighted by atomic mass is 35.5. The van der Waals surface area contributed by atoms with Crippen molar-refractivity contribution in [1.29, 1.82) is 0 Å². The van der Waals surface area contributed by atoms with E-state index in [-0.39, 0.29) is 35.8 Å². The third-order valence-electron chi connectivity index (χ3n) is 7.55. The van der Waals surface area contributed by atoms with E-state index in [1.165, 1.54) is 0 Å². The van der Waals surface area contributed by atoms with Gasteiger partial charge in [-0.15, -0.1) is 0 Å². The largest absolute Gasteiger partial charge is 0.387 e. The van der Waals surface area contributed by atoms with E-state index in [9.17, 15) is 14.4 Å². The molecule has 0 aliphatic carbocycles. The number of carbonyl (C=O) groups excluding carboxylic acids is 2. The zero-order valence-electron chi connectivity index (χ0n) is 20.3. The van der Waals surface area contributed by atoms with Crippen LogP contribution in [-0.4, -0.2) is 57.9 Å². The third-order valence-corrected chi connectivity index (χ3v) is 8.29. The number of nitrogens with one attached hydrogen (secondary N) is 1. The number of H-pyrrole nitrogens is 1. The normalized spacial score (nSPS) is 17.5. The molecule has 1 aromatic heterocycles. The fourth-order valence-corrected chi connectivity index (χ4v) is 6.14. The molecule has 1 atom stereocenters. The number of amides is 2. The molecule has 0 spiro atoms. The summed E-state index contributed by atoms with van der Waals surface area (Å²) in [6.07, 6.45) is 2.14. The number of piperidine rings is 1. The van der Waals surface area contributed by atoms with Crippen molar-refractivity contribution in [2.75, 3.05) is 26.2 Å². The van der Waals surface area contributed by atoms with Crippen LogP contribution in [0.3, 0.4) is 0 Å². The first-order valence-electron chi connectivity index (χ1n) is 12.0. The van der Waals surface area contributed by atoms with Crippen molar-refractivity contribution in [3.63, 3.8) is 0 Å². The molecule has 3 heterocycles. The number of aromatic nitrogens is 1. The van der Waals surface area contributed by atoms with Gasteiger partial charge in [-0.1, -0.05) is 30.1 Å². The number of aromatic amines is 1. The lowest BCUT2D eigenvalue weighted by Gasteiger charge is -2.36. The molecule has 7 nitrogen and oxygen atoms in total. The summed E-state index contributed by atoms with van der Waals surface area (Å²) in [4.78, 5) is 44.1. The Bertz CT molecular complexity index is 1220. The summed E-state index contributed by atoms with van der Waals surface area (Å²) < 4.78 is 0. The lowest BCUT2D eigenvalue weighted by atomic mass is 9.80. The molecule has 35 heavy (non-hydrogen) atoms. The molecule has 0 saturated carbocycles. The number of aryl methyl sites for hydroxylation is 2. The minimum atomic E-state index is -0.473. The number of rotatable bonds is 5. The van der Waals surface area contributed by atoms with Gasteiger partial charge in [0, 0.05) is 35.9 Å². The molecule has 0 radical (unpaired) electrons. The Hall–Kier alpha value is -2.35. The number of carbonyl (C=O) groups is 2. The predicted octanol–water partition coefficient (Wildman–Crippen LogP) is 3.83. The van der Waals surface area contributed by atoms with Crippen molar-refractivity contribution in [3.05, 3.63) is 66.0 Å². The average Bonchev–Trinajstić information content (AvgIpc) is 2.83. The monoisotopic (exact) mass is 519 g/mol. The van der Waals surface area contributed by atoms with Crippen molar-refractivity contribution in [2.24, 2.45) is 5.92 Å². The van der Waals surface area contributed by atoms with Crippen molar-refractivity contribution in [3.8, 4) is 0 Å². The van der Waals surface area contributed by atoms with Gasteiger partial charge in [-0.3, -0.25) is 14.4 Å². The van der Waals surface area contributed by atoms with Gasteiger partial charge in [0.25, 0.3) is 11.5 Å². The molecule has 2 aliphatic rings. The lowest BCUT2D eigenvalue weighted by molar-refractivity contribution is -0.135. The Morgan fingerprint density at radius 2 is 1.86 bits per heavy atom. The van der Waals surface area contributed by atoms with Gasteiger partial charge in [0.05, 0.1) is 17.1 Å². The molecule has 188 valence electrons. The van der Waals surface area contributed by atoms with Crippen molar-refractivity contribution in [1.82, 2.24) is 14.8 Å². The summed E-state index contributed by atoms with van der Waals surface area (Å²) in [6.45, 7) is 7.16. The Morgan fingerprint density at radius 3 is 2.49 bits per heavy atom. The van der Waals surface area contributed by atoms with E-state index in [0.29, 0.717) is 47.2 Å². The minimum Gasteiger partial charge on any atom is -0.387 e. The van der Waals surface area contributed by atoms with Crippen LogP contribution < -0.4 is 5.56 Å². The number of aliphatic hydroxyl groups is 1. The van der Waals surface area contributed by atoms with Crippen LogP contribution in [0.15, 0.2) is 16.9 Å². The smallest absolute Gasteiger partial charge is 0.256 e. The molecule has 1 saturated heterocycles. The minimum absolute atomic E-state index is 0.0436. The highest BCUT2D eigenvalue weighted by Gasteiger charge is 2.34. The Morgan fingerprint density at radius 1 is 1.17 bits per heavy atom. The Kier molecular flexibility index (Phi) is 7.60. The SMILES string of the molecule is Cc1cc(C)c(CN2CCc3c(Cl)cc(C(C)C4CCN(C(=O)CO)CC4)c(Cl)c3C2=O)c(=O)[nH]1. The number of fused-ring (bicyclic) bond motifs is 1. The van der Waals surface area contributed by atoms with Crippen LogP contribution in [0.5, 0.6) is 0 Å². The molecule has 2 aromatic rings. The summed E-state index contributed by atoms with van der Waals surface area (Å²) in [7, 11) is 0. The van der Waals surface area contributed by atoms with Gasteiger partial charge in [-0.2, -0.15) is 0 Å². The lowest BCUT2D eigenvalue weighted by Crippen LogP contribution is -2.41. The van der Waals surface area contributed by atoms with Crippen LogP contribution in [0.4, 0.5) is 0 Å². The number of likely N-dealkylation sites (tertiary alicyclic amines) is 1. The molecular weight excluding hydrogens is 489 g/mol. The summed E-state index contributed by atoms with van der Waals surface area (Å²) in [5.41, 5.74) is 4.05. The van der Waals surface area contributed by atoms with Crippen molar-refractivity contribution in [2.45, 2.75) is 52.5 Å². The molecule has 2 aliphatic heterocycles. The van der Waals surface area contributed by atoms with Gasteiger partial charge in [-0.25, -0.2) is 0 Å². The van der Waals surface area contributed by atoms with Crippen LogP contribution in [0.2, 0.25) is 10.0 Å². The average molecular weight is 520 g/mol. The van der Waals surface area contributed by atoms with E-state index >= 15 is 0 Å². The number of halogens is 2. The van der Waals surface area contributed by atoms with Gasteiger partial charge in [0.15, 0.2) is 0 Å². The number of hydrogen-bond donors (Lipinski definition) is 2. The molecule has 2 N–H and O–H groups in total. The van der Waals surface area contributed by atoms with Crippen LogP contribution >= 0.6 is 23.2 Å². The second kappa shape index (κ2) is 10.3. The molecule has 1 aromatic carbocycles. The molecule has 1 unspecified atom stereocenters. The van der Waals surface area contributed by atoms with Gasteiger partial charge in [-0.05, 0) is 73.8 Å². The molecular formula is C26H31Cl2N3O4. The number of nitrogens with zero attached hydrogens (tertiary/aromatic N) is 2. The maximum absolute atomic E-state index is 13.6. The summed E-state index contributed by atoms with van der Waals surface area (Å²) in [5, 5.41) is 10.1. The summed E-state index contributed by atoms with van der Waals surface area (Å²) in [6, 6.07) is 3.79. The van der Waals surface area contributed by atoms with Crippen molar-refractivity contribution < 1.29 is 14.7 Å². The first-order chi connectivity index (χ1) is 16.6. The second-order valence-corrected chi connectivity index (χ2v) is 10.5. The van der Waals surface area contributed by atoms with E-state index in [1.807, 2.05) is 26.0 Å². The second-order valence-electron chi connectivity index (χ2n) is 9.70. The van der Waals surface area contributed by atoms with Gasteiger partial charge < -0.3 is 19.9 Å². The van der Waals surface area contributed by atoms with Crippen LogP contribution in [0.1, 0.15) is 64.0 Å². The standard InChI is InChI=1S/C26H31Cl2N3O4/c1-14-10-15(2)29-25(34)20(14)12-31-9-6-18-21(27)11-19(24(28)23(18)26(31)35)16(3)17-4-7-30(8-5-17)22(33)13-32/h10-11,16-17,32H,4-9,12-13H2,1-3H3,(H,29,34). The quantitative estimate of drug-likeness (QED) is 0.627. The maximum atomic E-state index is 13.6. The van der Waals surface area contributed by atoms with E-state index in [4.69, 9.17) is 28.3 Å². The summed E-state index contributed by atoms with van der Waals surface area (Å²) >= 11 is 13.6. The molecule has 4 rings (SSSR count). The summed E-state index contributed by atoms with van der Waals surface area (Å²) in [5.74, 6) is -0.149. The van der Waals surface area contributed by atoms with Crippen LogP contribution in [-0.2, 0) is 17.8 Å². The molecule has 1 fully saturated rings. The predicted molar refractivity (Wildman–Crippen MR) is 136 cm³/mol. The Labute approximate surface area is 215 Å². The number of benzene rings is 1. The highest BCUT2D eigenvalue weighted by Crippen LogP contribution is 2.42. The van der Waals surface area contributed by atoms with Gasteiger partial charge >= 0.3 is 0 Å². The zero-order chi connectivity index (χ0) is 25.4. The fraction of sp³-hybridized carbons (Fsp3) is 0.500. The number of hydrogen-bond acceptors (Lipinski definition) is 4. The maximum Gasteiger partial charge on any atom is 0.256 e. The first-order valence-corrected chi connectivity index (χ1v) is 12.8. The third kappa shape index (κ3) is 4.99. The van der Waals surface area contributed by atoms with Gasteiger partial charge in [0.2, 0.25) is 5.91 Å². The van der Waals surface area contributed by atoms with E-state index < -0.39 is 6.61 Å². The van der Waals surface area contributed by atoms with Crippen LogP contribution in [0, 0.1) is 19.8 Å². The Balaban J connectivity index is 1.60. The first kappa shape index (κ1) is 25.7. The molecule has 9 heteroatoms. The molecule has 0 bridgehead atoms. The highest BCUT2D eigenvalue weighted by molar-refractivity contribution is 6.37. The van der Waals surface area contributed by atoms with Gasteiger partial charge in [0.1, 0.15) is 6.61 Å². The van der Waals surface area contributed by atoms with E-state index in [0.717, 1.165) is 35.2 Å². The van der Waals surface area contributed by atoms with Crippen molar-refractivity contribution >= 4 is 35.0 Å². The van der Waals surface area contributed by atoms with Crippen LogP contribution in [0.25, 0.3) is 0 Å². The number of pyridine rings is 1. The van der Waals surface area contributed by atoms with E-state index in [1.54, 1.807) is 9.80 Å². The van der Waals surface area contributed by atoms with E-state index in [2.05, 4.69) is 11.9 Å². The molecule has 2 amide bonds. The fourth-order valence-electron chi connectivity index (χ4n) is 5.41. The zero-order valence-corrected chi connectivity index (χ0v) is 21.8. The topological polar surface area (TPSA) is 93.7 Å².